The van der Waals surface area contributed by atoms with Crippen molar-refractivity contribution in [3.05, 3.63) is 89.1 Å². The molecule has 3 heterocycles. The lowest BCUT2D eigenvalue weighted by molar-refractivity contribution is -0.123. The molecule has 5 rings (SSSR count). The lowest BCUT2D eigenvalue weighted by Gasteiger charge is -2.30. The molecule has 0 bridgehead atoms. The Morgan fingerprint density at radius 1 is 1.05 bits per heavy atom. The van der Waals surface area contributed by atoms with Crippen LogP contribution in [0.3, 0.4) is 0 Å². The fourth-order valence-corrected chi connectivity index (χ4v) is 4.79. The van der Waals surface area contributed by atoms with Crippen molar-refractivity contribution in [1.29, 1.82) is 0 Å². The topological polar surface area (TPSA) is 132 Å². The van der Waals surface area contributed by atoms with Crippen molar-refractivity contribution in [2.75, 3.05) is 24.1 Å². The van der Waals surface area contributed by atoms with E-state index in [1.165, 1.54) is 0 Å². The number of nitrogens with zero attached hydrogens (tertiary/aromatic N) is 4. The highest BCUT2D eigenvalue weighted by Crippen LogP contribution is 2.27. The minimum Gasteiger partial charge on any atom is -0.384 e. The number of hydrogen-bond donors (Lipinski definition) is 3. The van der Waals surface area contributed by atoms with Crippen LogP contribution < -0.4 is 16.8 Å². The summed E-state index contributed by atoms with van der Waals surface area (Å²) in [6, 6.07) is 22.5. The number of carbonyl (C=O) groups excluding carboxylic acids is 2. The molecule has 0 spiro atoms. The van der Waals surface area contributed by atoms with Crippen molar-refractivity contribution in [3.63, 3.8) is 0 Å². The summed E-state index contributed by atoms with van der Waals surface area (Å²) in [5.74, 6) is 0.113. The third-order valence-electron chi connectivity index (χ3n) is 6.61. The zero-order valence-electron chi connectivity index (χ0n) is 20.7. The van der Waals surface area contributed by atoms with Crippen LogP contribution in [0, 0.1) is 5.92 Å². The van der Waals surface area contributed by atoms with Crippen molar-refractivity contribution < 1.29 is 9.59 Å². The van der Waals surface area contributed by atoms with Gasteiger partial charge in [0.15, 0.2) is 5.69 Å². The number of para-hydroxylation sites is 1. The number of piperidine rings is 1. The molecule has 1 atom stereocenters. The van der Waals surface area contributed by atoms with E-state index in [2.05, 4.69) is 15.4 Å². The largest absolute Gasteiger partial charge is 0.384 e. The Labute approximate surface area is 225 Å². The molecular weight excluding hydrogens is 502 g/mol. The number of hydrogen-bond acceptors (Lipinski definition) is 6. The summed E-state index contributed by atoms with van der Waals surface area (Å²) in [5, 5.41) is 8.61. The maximum absolute atomic E-state index is 13.4. The highest BCUT2D eigenvalue weighted by molar-refractivity contribution is 6.31. The molecule has 2 aromatic carbocycles. The standard InChI is InChI=1S/C28H28ClN7O2/c29-22-12-11-18(23-9-4-10-25(30)33-23)14-20(22)16-32-26-15-24(34-36(26)21-7-2-1-3-8-21)28(38)35-13-5-6-19(17-35)27(31)37/h1-4,7-12,14-15,19,32H,5-6,13,16-17H2,(H2,30,33)(H2,31,37). The first-order chi connectivity index (χ1) is 18.4. The molecule has 0 aliphatic carbocycles. The number of amides is 2. The molecule has 1 aliphatic heterocycles. The Morgan fingerprint density at radius 2 is 1.87 bits per heavy atom. The maximum Gasteiger partial charge on any atom is 0.274 e. The Morgan fingerprint density at radius 3 is 2.63 bits per heavy atom. The Kier molecular flexibility index (Phi) is 7.28. The van der Waals surface area contributed by atoms with Crippen LogP contribution in [-0.2, 0) is 11.3 Å². The smallest absolute Gasteiger partial charge is 0.274 e. The number of nitrogen functional groups attached to an aromatic ring is 1. The summed E-state index contributed by atoms with van der Waals surface area (Å²) in [6.45, 7) is 1.24. The zero-order valence-corrected chi connectivity index (χ0v) is 21.4. The monoisotopic (exact) mass is 529 g/mol. The molecule has 0 radical (unpaired) electrons. The predicted octanol–water partition coefficient (Wildman–Crippen LogP) is 4.12. The molecule has 0 saturated carbocycles. The van der Waals surface area contributed by atoms with Crippen LogP contribution >= 0.6 is 11.6 Å². The first-order valence-corrected chi connectivity index (χ1v) is 12.8. The summed E-state index contributed by atoms with van der Waals surface area (Å²) < 4.78 is 1.69. The van der Waals surface area contributed by atoms with Gasteiger partial charge in [-0.15, -0.1) is 0 Å². The lowest BCUT2D eigenvalue weighted by Crippen LogP contribution is -2.44. The number of halogens is 1. The normalized spacial score (nSPS) is 15.3. The van der Waals surface area contributed by atoms with Crippen LogP contribution in [0.15, 0.2) is 72.8 Å². The van der Waals surface area contributed by atoms with E-state index in [4.69, 9.17) is 23.1 Å². The maximum atomic E-state index is 13.4. The van der Waals surface area contributed by atoms with Crippen molar-refractivity contribution in [2.24, 2.45) is 11.7 Å². The first kappa shape index (κ1) is 25.3. The van der Waals surface area contributed by atoms with Gasteiger partial charge in [0.05, 0.1) is 17.3 Å². The van der Waals surface area contributed by atoms with Crippen LogP contribution in [0.4, 0.5) is 11.6 Å². The van der Waals surface area contributed by atoms with Gasteiger partial charge in [-0.25, -0.2) is 9.67 Å². The highest BCUT2D eigenvalue weighted by atomic mass is 35.5. The van der Waals surface area contributed by atoms with Gasteiger partial charge in [0.1, 0.15) is 11.6 Å². The van der Waals surface area contributed by atoms with Gasteiger partial charge in [-0.1, -0.05) is 41.9 Å². The van der Waals surface area contributed by atoms with E-state index in [1.54, 1.807) is 21.7 Å². The molecule has 4 aromatic rings. The number of likely N-dealkylation sites (tertiary alicyclic amines) is 1. The fraction of sp³-hybridized carbons (Fsp3) is 0.214. The van der Waals surface area contributed by atoms with E-state index in [9.17, 15) is 9.59 Å². The van der Waals surface area contributed by atoms with Crippen LogP contribution in [0.2, 0.25) is 5.02 Å². The average Bonchev–Trinajstić information content (AvgIpc) is 3.37. The van der Waals surface area contributed by atoms with Crippen LogP contribution in [0.5, 0.6) is 0 Å². The number of primary amides is 1. The third-order valence-corrected chi connectivity index (χ3v) is 6.98. The zero-order chi connectivity index (χ0) is 26.6. The van der Waals surface area contributed by atoms with E-state index in [0.717, 1.165) is 28.9 Å². The van der Waals surface area contributed by atoms with Gasteiger partial charge in [0.2, 0.25) is 5.91 Å². The molecule has 2 aromatic heterocycles. The first-order valence-electron chi connectivity index (χ1n) is 12.4. The summed E-state index contributed by atoms with van der Waals surface area (Å²) >= 11 is 6.53. The molecular formula is C28H28ClN7O2. The number of carbonyl (C=O) groups is 2. The lowest BCUT2D eigenvalue weighted by atomic mass is 9.97. The van der Waals surface area contributed by atoms with E-state index in [1.807, 2.05) is 60.7 Å². The number of nitrogens with one attached hydrogen (secondary N) is 1. The SMILES string of the molecule is NC(=O)C1CCCN(C(=O)c2cc(NCc3cc(-c4cccc(N)n4)ccc3Cl)n(-c3ccccc3)n2)C1. The summed E-state index contributed by atoms with van der Waals surface area (Å²) in [5.41, 5.74) is 14.9. The van der Waals surface area contributed by atoms with Gasteiger partial charge in [-0.3, -0.25) is 9.59 Å². The molecule has 10 heteroatoms. The van der Waals surface area contributed by atoms with E-state index in [0.29, 0.717) is 42.7 Å². The summed E-state index contributed by atoms with van der Waals surface area (Å²) in [6.07, 6.45) is 1.41. The van der Waals surface area contributed by atoms with Crippen molar-refractivity contribution >= 4 is 35.1 Å². The molecule has 1 saturated heterocycles. The van der Waals surface area contributed by atoms with E-state index in [-0.39, 0.29) is 23.4 Å². The van der Waals surface area contributed by atoms with E-state index < -0.39 is 0 Å². The number of aromatic nitrogens is 3. The second-order valence-electron chi connectivity index (χ2n) is 9.26. The van der Waals surface area contributed by atoms with Gasteiger partial charge in [0.25, 0.3) is 5.91 Å². The fourth-order valence-electron chi connectivity index (χ4n) is 4.60. The molecule has 2 amide bonds. The molecule has 5 N–H and O–H groups in total. The van der Waals surface area contributed by atoms with Gasteiger partial charge in [0, 0.05) is 36.3 Å². The van der Waals surface area contributed by atoms with Crippen molar-refractivity contribution in [3.8, 4) is 16.9 Å². The Bertz CT molecular complexity index is 1470. The number of benzene rings is 2. The molecule has 1 unspecified atom stereocenters. The predicted molar refractivity (Wildman–Crippen MR) is 148 cm³/mol. The second kappa shape index (κ2) is 10.9. The Hall–Kier alpha value is -4.37. The van der Waals surface area contributed by atoms with Crippen LogP contribution in [0.25, 0.3) is 16.9 Å². The molecule has 1 aliphatic rings. The number of anilines is 2. The molecule has 1 fully saturated rings. The molecule has 38 heavy (non-hydrogen) atoms. The van der Waals surface area contributed by atoms with Crippen LogP contribution in [-0.4, -0.2) is 44.6 Å². The van der Waals surface area contributed by atoms with Gasteiger partial charge >= 0.3 is 0 Å². The highest BCUT2D eigenvalue weighted by Gasteiger charge is 2.29. The van der Waals surface area contributed by atoms with Gasteiger partial charge < -0.3 is 21.7 Å². The van der Waals surface area contributed by atoms with Crippen molar-refractivity contribution in [2.45, 2.75) is 19.4 Å². The number of pyridine rings is 1. The van der Waals surface area contributed by atoms with Gasteiger partial charge in [-0.2, -0.15) is 5.10 Å². The number of nitrogens with two attached hydrogens (primary N) is 2. The third kappa shape index (κ3) is 5.47. The van der Waals surface area contributed by atoms with Gasteiger partial charge in [-0.05, 0) is 54.8 Å². The van der Waals surface area contributed by atoms with Crippen LogP contribution in [0.1, 0.15) is 28.9 Å². The summed E-state index contributed by atoms with van der Waals surface area (Å²) in [4.78, 5) is 31.1. The quantitative estimate of drug-likeness (QED) is 0.330. The van der Waals surface area contributed by atoms with Crippen molar-refractivity contribution in [1.82, 2.24) is 19.7 Å². The minimum absolute atomic E-state index is 0.235. The number of rotatable bonds is 7. The molecule has 194 valence electrons. The summed E-state index contributed by atoms with van der Waals surface area (Å²) in [7, 11) is 0. The Balaban J connectivity index is 1.42. The average molecular weight is 530 g/mol. The molecule has 9 nitrogen and oxygen atoms in total. The second-order valence-corrected chi connectivity index (χ2v) is 9.67. The minimum atomic E-state index is -0.382. The van der Waals surface area contributed by atoms with E-state index >= 15 is 0 Å².